The zero-order chi connectivity index (χ0) is 20.5. The minimum absolute atomic E-state index is 0.0964. The fourth-order valence-electron chi connectivity index (χ4n) is 2.23. The number of amides is 2. The van der Waals surface area contributed by atoms with E-state index >= 15 is 0 Å². The molecule has 1 unspecified atom stereocenters. The standard InChI is InChI=1S/C19H20ClN3O4S/c1-2-15(19(27)23-16-7-6-12(20)11-21-16)28-14-5-3-4-13(10-14)22-17(24)8-9-18(25)26/h3-7,10-11,15H,2,8-9H2,1H3,(H,22,24)(H,25,26)(H,21,23,27). The number of hydrogen-bond donors (Lipinski definition) is 3. The molecular formula is C19H20ClN3O4S. The number of nitrogens with one attached hydrogen (secondary N) is 2. The molecule has 7 nitrogen and oxygen atoms in total. The molecule has 1 atom stereocenters. The molecule has 0 saturated heterocycles. The van der Waals surface area contributed by atoms with Crippen molar-refractivity contribution in [3.63, 3.8) is 0 Å². The average Bonchev–Trinajstić information content (AvgIpc) is 2.66. The molecule has 2 amide bonds. The van der Waals surface area contributed by atoms with Crippen molar-refractivity contribution in [3.05, 3.63) is 47.6 Å². The van der Waals surface area contributed by atoms with Crippen molar-refractivity contribution in [2.75, 3.05) is 10.6 Å². The summed E-state index contributed by atoms with van der Waals surface area (Å²) < 4.78 is 0. The number of carboxylic acid groups (broad SMARTS) is 1. The highest BCUT2D eigenvalue weighted by Gasteiger charge is 2.19. The fraction of sp³-hybridized carbons (Fsp3) is 0.263. The van der Waals surface area contributed by atoms with Gasteiger partial charge in [0.2, 0.25) is 11.8 Å². The SMILES string of the molecule is CCC(Sc1cccc(NC(=O)CCC(=O)O)c1)C(=O)Nc1ccc(Cl)cn1. The molecule has 148 valence electrons. The molecule has 0 saturated carbocycles. The van der Waals surface area contributed by atoms with Crippen LogP contribution < -0.4 is 10.6 Å². The van der Waals surface area contributed by atoms with Crippen molar-refractivity contribution in [2.45, 2.75) is 36.3 Å². The minimum atomic E-state index is -1.02. The Labute approximate surface area is 171 Å². The maximum Gasteiger partial charge on any atom is 0.303 e. The molecule has 1 heterocycles. The Hall–Kier alpha value is -2.58. The van der Waals surface area contributed by atoms with Crippen molar-refractivity contribution in [1.29, 1.82) is 0 Å². The van der Waals surface area contributed by atoms with Crippen LogP contribution in [0.3, 0.4) is 0 Å². The third kappa shape index (κ3) is 7.21. The predicted octanol–water partition coefficient (Wildman–Crippen LogP) is 4.05. The van der Waals surface area contributed by atoms with Crippen molar-refractivity contribution >= 4 is 52.7 Å². The van der Waals surface area contributed by atoms with Gasteiger partial charge in [0.15, 0.2) is 0 Å². The second kappa shape index (κ2) is 10.7. The third-order valence-corrected chi connectivity index (χ3v) is 5.19. The predicted molar refractivity (Wildman–Crippen MR) is 110 cm³/mol. The van der Waals surface area contributed by atoms with Crippen LogP contribution in [0.1, 0.15) is 26.2 Å². The number of aromatic nitrogens is 1. The van der Waals surface area contributed by atoms with E-state index in [2.05, 4.69) is 15.6 Å². The topological polar surface area (TPSA) is 108 Å². The van der Waals surface area contributed by atoms with Crippen LogP contribution >= 0.6 is 23.4 Å². The van der Waals surface area contributed by atoms with Gasteiger partial charge in [-0.15, -0.1) is 11.8 Å². The van der Waals surface area contributed by atoms with E-state index in [0.29, 0.717) is 22.9 Å². The van der Waals surface area contributed by atoms with Gasteiger partial charge in [0.25, 0.3) is 0 Å². The van der Waals surface area contributed by atoms with E-state index in [4.69, 9.17) is 16.7 Å². The van der Waals surface area contributed by atoms with Crippen molar-refractivity contribution in [1.82, 2.24) is 4.98 Å². The number of pyridine rings is 1. The highest BCUT2D eigenvalue weighted by atomic mass is 35.5. The van der Waals surface area contributed by atoms with E-state index in [9.17, 15) is 14.4 Å². The first-order valence-electron chi connectivity index (χ1n) is 8.58. The molecule has 2 rings (SSSR count). The van der Waals surface area contributed by atoms with Crippen LogP contribution in [0.25, 0.3) is 0 Å². The van der Waals surface area contributed by atoms with Crippen LogP contribution in [0.4, 0.5) is 11.5 Å². The zero-order valence-corrected chi connectivity index (χ0v) is 16.7. The molecule has 0 aliphatic rings. The van der Waals surface area contributed by atoms with Gasteiger partial charge in [-0.3, -0.25) is 14.4 Å². The first-order chi connectivity index (χ1) is 13.4. The Balaban J connectivity index is 1.98. The number of aliphatic carboxylic acids is 1. The summed E-state index contributed by atoms with van der Waals surface area (Å²) in [6, 6.07) is 10.3. The summed E-state index contributed by atoms with van der Waals surface area (Å²) in [6.45, 7) is 1.91. The van der Waals surface area contributed by atoms with Crippen LogP contribution in [0.15, 0.2) is 47.5 Å². The van der Waals surface area contributed by atoms with Gasteiger partial charge in [0, 0.05) is 23.2 Å². The maximum atomic E-state index is 12.5. The smallest absolute Gasteiger partial charge is 0.303 e. The zero-order valence-electron chi connectivity index (χ0n) is 15.1. The Morgan fingerprint density at radius 1 is 1.18 bits per heavy atom. The number of hydrogen-bond acceptors (Lipinski definition) is 5. The Morgan fingerprint density at radius 2 is 1.96 bits per heavy atom. The Morgan fingerprint density at radius 3 is 2.61 bits per heavy atom. The first-order valence-corrected chi connectivity index (χ1v) is 9.84. The second-order valence-electron chi connectivity index (χ2n) is 5.84. The molecule has 1 aromatic heterocycles. The van der Waals surface area contributed by atoms with Crippen LogP contribution in [-0.4, -0.2) is 33.1 Å². The number of carbonyl (C=O) groups is 3. The monoisotopic (exact) mass is 421 g/mol. The van der Waals surface area contributed by atoms with E-state index in [0.717, 1.165) is 4.90 Å². The molecule has 3 N–H and O–H groups in total. The van der Waals surface area contributed by atoms with Gasteiger partial charge in [-0.05, 0) is 36.8 Å². The molecular weight excluding hydrogens is 402 g/mol. The summed E-state index contributed by atoms with van der Waals surface area (Å²) in [6.07, 6.45) is 1.74. The molecule has 0 aliphatic carbocycles. The fourth-order valence-corrected chi connectivity index (χ4v) is 3.36. The van der Waals surface area contributed by atoms with Gasteiger partial charge in [0.05, 0.1) is 16.7 Å². The lowest BCUT2D eigenvalue weighted by molar-refractivity contribution is -0.138. The average molecular weight is 422 g/mol. The van der Waals surface area contributed by atoms with Gasteiger partial charge in [-0.1, -0.05) is 24.6 Å². The second-order valence-corrected chi connectivity index (χ2v) is 7.55. The Kier molecular flexibility index (Phi) is 8.28. The van der Waals surface area contributed by atoms with Gasteiger partial charge in [-0.25, -0.2) is 4.98 Å². The molecule has 0 radical (unpaired) electrons. The molecule has 9 heteroatoms. The normalized spacial score (nSPS) is 11.5. The number of halogens is 1. The quantitative estimate of drug-likeness (QED) is 0.527. The van der Waals surface area contributed by atoms with E-state index in [1.54, 1.807) is 30.3 Å². The number of benzene rings is 1. The highest BCUT2D eigenvalue weighted by molar-refractivity contribution is 8.00. The number of thioether (sulfide) groups is 1. The van der Waals surface area contributed by atoms with Crippen LogP contribution in [0.2, 0.25) is 5.02 Å². The lowest BCUT2D eigenvalue weighted by Gasteiger charge is -2.15. The summed E-state index contributed by atoms with van der Waals surface area (Å²) in [7, 11) is 0. The number of anilines is 2. The molecule has 1 aromatic carbocycles. The highest BCUT2D eigenvalue weighted by Crippen LogP contribution is 2.28. The molecule has 0 fully saturated rings. The van der Waals surface area contributed by atoms with E-state index in [1.807, 2.05) is 13.0 Å². The number of carboxylic acids is 1. The summed E-state index contributed by atoms with van der Waals surface area (Å²) >= 11 is 7.16. The number of nitrogens with zero attached hydrogens (tertiary/aromatic N) is 1. The largest absolute Gasteiger partial charge is 0.481 e. The lowest BCUT2D eigenvalue weighted by atomic mass is 10.2. The molecule has 0 spiro atoms. The van der Waals surface area contributed by atoms with Crippen LogP contribution in [0, 0.1) is 0 Å². The summed E-state index contributed by atoms with van der Waals surface area (Å²) in [5.74, 6) is -1.15. The summed E-state index contributed by atoms with van der Waals surface area (Å²) in [4.78, 5) is 39.7. The van der Waals surface area contributed by atoms with Gasteiger partial charge in [0.1, 0.15) is 5.82 Å². The molecule has 0 aliphatic heterocycles. The first kappa shape index (κ1) is 21.7. The number of carbonyl (C=O) groups excluding carboxylic acids is 2. The summed E-state index contributed by atoms with van der Waals surface area (Å²) in [5.41, 5.74) is 0.551. The molecule has 0 bridgehead atoms. The Bertz CT molecular complexity index is 845. The molecule has 2 aromatic rings. The van der Waals surface area contributed by atoms with Gasteiger partial charge in [-0.2, -0.15) is 0 Å². The minimum Gasteiger partial charge on any atom is -0.481 e. The van der Waals surface area contributed by atoms with Crippen molar-refractivity contribution in [3.8, 4) is 0 Å². The third-order valence-electron chi connectivity index (χ3n) is 3.60. The molecule has 28 heavy (non-hydrogen) atoms. The number of rotatable bonds is 9. The lowest BCUT2D eigenvalue weighted by Crippen LogP contribution is -2.25. The van der Waals surface area contributed by atoms with Crippen LogP contribution in [0.5, 0.6) is 0 Å². The van der Waals surface area contributed by atoms with Crippen molar-refractivity contribution < 1.29 is 19.5 Å². The van der Waals surface area contributed by atoms with E-state index in [-0.39, 0.29) is 29.9 Å². The van der Waals surface area contributed by atoms with Crippen LogP contribution in [-0.2, 0) is 14.4 Å². The maximum absolute atomic E-state index is 12.5. The van der Waals surface area contributed by atoms with Gasteiger partial charge >= 0.3 is 5.97 Å². The van der Waals surface area contributed by atoms with E-state index < -0.39 is 5.97 Å². The van der Waals surface area contributed by atoms with Gasteiger partial charge < -0.3 is 15.7 Å². The summed E-state index contributed by atoms with van der Waals surface area (Å²) in [5, 5.41) is 14.2. The van der Waals surface area contributed by atoms with E-state index in [1.165, 1.54) is 18.0 Å². The van der Waals surface area contributed by atoms with Crippen molar-refractivity contribution in [2.24, 2.45) is 0 Å².